The summed E-state index contributed by atoms with van der Waals surface area (Å²) in [5.41, 5.74) is 6.78. The molecule has 0 aromatic carbocycles. The normalized spacial score (nSPS) is 12.9. The predicted octanol–water partition coefficient (Wildman–Crippen LogP) is 1.32. The second-order valence-electron chi connectivity index (χ2n) is 4.60. The number of rotatable bonds is 4. The van der Waals surface area contributed by atoms with Gasteiger partial charge in [0.2, 0.25) is 11.9 Å². The number of fused-ring (bicyclic) bond motifs is 1. The third-order valence-corrected chi connectivity index (χ3v) is 3.04. The van der Waals surface area contributed by atoms with Crippen LogP contribution in [0, 0.1) is 5.92 Å². The zero-order valence-corrected chi connectivity index (χ0v) is 11.4. The Bertz CT molecular complexity index is 596. The molecule has 0 bridgehead atoms. The average Bonchev–Trinajstić information content (AvgIpc) is 2.77. The lowest BCUT2D eigenvalue weighted by atomic mass is 10.0. The van der Waals surface area contributed by atoms with Crippen molar-refractivity contribution in [2.45, 2.75) is 26.3 Å². The van der Waals surface area contributed by atoms with E-state index in [1.54, 1.807) is 0 Å². The molecule has 2 aromatic rings. The second kappa shape index (κ2) is 5.50. The van der Waals surface area contributed by atoms with Crippen LogP contribution in [0.5, 0.6) is 0 Å². The summed E-state index contributed by atoms with van der Waals surface area (Å²) < 4.78 is 0. The zero-order valence-electron chi connectivity index (χ0n) is 10.6. The van der Waals surface area contributed by atoms with Crippen LogP contribution >= 0.6 is 11.6 Å². The lowest BCUT2D eigenvalue weighted by molar-refractivity contribution is -0.116. The molecule has 0 saturated carbocycles. The van der Waals surface area contributed by atoms with E-state index in [2.05, 4.69) is 25.3 Å². The average molecular weight is 283 g/mol. The van der Waals surface area contributed by atoms with Crippen LogP contribution in [0.1, 0.15) is 20.3 Å². The van der Waals surface area contributed by atoms with Crippen LogP contribution in [-0.2, 0) is 4.79 Å². The summed E-state index contributed by atoms with van der Waals surface area (Å²) in [7, 11) is 0. The summed E-state index contributed by atoms with van der Waals surface area (Å²) >= 11 is 5.94. The highest BCUT2D eigenvalue weighted by Gasteiger charge is 2.15. The van der Waals surface area contributed by atoms with Crippen LogP contribution in [0.3, 0.4) is 0 Å². The van der Waals surface area contributed by atoms with Crippen LogP contribution in [0.25, 0.3) is 11.2 Å². The maximum atomic E-state index is 11.8. The quantitative estimate of drug-likeness (QED) is 0.733. The van der Waals surface area contributed by atoms with Gasteiger partial charge in [0.25, 0.3) is 0 Å². The van der Waals surface area contributed by atoms with E-state index in [0.29, 0.717) is 11.2 Å². The molecule has 0 spiro atoms. The molecule has 0 aliphatic heterocycles. The Kier molecular flexibility index (Phi) is 3.96. The fourth-order valence-electron chi connectivity index (χ4n) is 1.48. The lowest BCUT2D eigenvalue weighted by Crippen LogP contribution is -2.31. The minimum atomic E-state index is -0.243. The number of aromatic nitrogens is 4. The number of halogens is 1. The Hall–Kier alpha value is -1.73. The summed E-state index contributed by atoms with van der Waals surface area (Å²) in [5, 5.41) is 2.78. The third kappa shape index (κ3) is 3.18. The first-order valence-corrected chi connectivity index (χ1v) is 6.27. The number of H-pyrrole nitrogens is 1. The number of carbonyl (C=O) groups is 1. The molecule has 8 heteroatoms. The summed E-state index contributed by atoms with van der Waals surface area (Å²) in [6.07, 6.45) is 1.67. The SMILES string of the molecule is CC(C)C(N)CC(=O)Nc1nc(Cl)c2[nH]cnc2n1. The van der Waals surface area contributed by atoms with E-state index in [9.17, 15) is 4.79 Å². The molecule has 1 unspecified atom stereocenters. The Morgan fingerprint density at radius 1 is 1.53 bits per heavy atom. The van der Waals surface area contributed by atoms with E-state index in [0.717, 1.165) is 0 Å². The van der Waals surface area contributed by atoms with Gasteiger partial charge in [-0.05, 0) is 5.92 Å². The zero-order chi connectivity index (χ0) is 14.0. The summed E-state index contributed by atoms with van der Waals surface area (Å²) in [4.78, 5) is 26.6. The number of hydrogen-bond acceptors (Lipinski definition) is 5. The van der Waals surface area contributed by atoms with Crippen LogP contribution in [0.2, 0.25) is 5.15 Å². The van der Waals surface area contributed by atoms with E-state index in [1.807, 2.05) is 13.8 Å². The van der Waals surface area contributed by atoms with Crippen molar-refractivity contribution in [2.75, 3.05) is 5.32 Å². The number of hydrogen-bond donors (Lipinski definition) is 3. The maximum absolute atomic E-state index is 11.8. The van der Waals surface area contributed by atoms with Gasteiger partial charge >= 0.3 is 0 Å². The number of aromatic amines is 1. The molecule has 0 aliphatic carbocycles. The van der Waals surface area contributed by atoms with Crippen molar-refractivity contribution in [3.63, 3.8) is 0 Å². The van der Waals surface area contributed by atoms with Crippen LogP contribution in [0.4, 0.5) is 5.95 Å². The number of anilines is 1. The molecule has 102 valence electrons. The minimum Gasteiger partial charge on any atom is -0.341 e. The van der Waals surface area contributed by atoms with Gasteiger partial charge in [-0.1, -0.05) is 25.4 Å². The lowest BCUT2D eigenvalue weighted by Gasteiger charge is -2.14. The summed E-state index contributed by atoms with van der Waals surface area (Å²) in [5.74, 6) is 0.113. The Balaban J connectivity index is 2.10. The predicted molar refractivity (Wildman–Crippen MR) is 72.8 cm³/mol. The van der Waals surface area contributed by atoms with E-state index >= 15 is 0 Å². The fraction of sp³-hybridized carbons (Fsp3) is 0.455. The van der Waals surface area contributed by atoms with Crippen molar-refractivity contribution >= 4 is 34.6 Å². The fourth-order valence-corrected chi connectivity index (χ4v) is 1.70. The van der Waals surface area contributed by atoms with E-state index < -0.39 is 0 Å². The van der Waals surface area contributed by atoms with Gasteiger partial charge in [-0.25, -0.2) is 4.98 Å². The van der Waals surface area contributed by atoms with E-state index in [4.69, 9.17) is 17.3 Å². The molecule has 0 fully saturated rings. The Morgan fingerprint density at radius 2 is 2.26 bits per heavy atom. The highest BCUT2D eigenvalue weighted by atomic mass is 35.5. The number of nitrogens with one attached hydrogen (secondary N) is 2. The molecule has 2 rings (SSSR count). The van der Waals surface area contributed by atoms with Gasteiger partial charge in [-0.15, -0.1) is 0 Å². The van der Waals surface area contributed by atoms with Crippen molar-refractivity contribution in [1.29, 1.82) is 0 Å². The van der Waals surface area contributed by atoms with Gasteiger partial charge in [0, 0.05) is 12.5 Å². The molecular formula is C11H15ClN6O. The number of imidazole rings is 1. The Labute approximate surface area is 115 Å². The van der Waals surface area contributed by atoms with Crippen LogP contribution in [0.15, 0.2) is 6.33 Å². The van der Waals surface area contributed by atoms with E-state index in [-0.39, 0.29) is 35.4 Å². The van der Waals surface area contributed by atoms with Gasteiger partial charge < -0.3 is 10.7 Å². The van der Waals surface area contributed by atoms with Crippen molar-refractivity contribution < 1.29 is 4.79 Å². The van der Waals surface area contributed by atoms with Gasteiger partial charge in [0.15, 0.2) is 10.8 Å². The maximum Gasteiger partial charge on any atom is 0.233 e. The molecule has 0 radical (unpaired) electrons. The minimum absolute atomic E-state index is 0.130. The molecule has 1 atom stereocenters. The number of carbonyl (C=O) groups excluding carboxylic acids is 1. The first-order chi connectivity index (χ1) is 8.97. The number of amides is 1. The van der Waals surface area contributed by atoms with Crippen molar-refractivity contribution in [2.24, 2.45) is 11.7 Å². The van der Waals surface area contributed by atoms with Crippen LogP contribution < -0.4 is 11.1 Å². The first-order valence-electron chi connectivity index (χ1n) is 5.89. The highest BCUT2D eigenvalue weighted by molar-refractivity contribution is 6.33. The highest BCUT2D eigenvalue weighted by Crippen LogP contribution is 2.18. The Morgan fingerprint density at radius 3 is 2.95 bits per heavy atom. The smallest absolute Gasteiger partial charge is 0.233 e. The van der Waals surface area contributed by atoms with Crippen LogP contribution in [-0.4, -0.2) is 31.9 Å². The standard InChI is InChI=1S/C11H15ClN6O/c1-5(2)6(13)3-7(19)16-11-17-9(12)8-10(18-11)15-4-14-8/h4-6H,3,13H2,1-2H3,(H2,14,15,16,17,18,19). The van der Waals surface area contributed by atoms with E-state index in [1.165, 1.54) is 6.33 Å². The molecule has 19 heavy (non-hydrogen) atoms. The summed E-state index contributed by atoms with van der Waals surface area (Å²) in [6, 6.07) is -0.204. The largest absolute Gasteiger partial charge is 0.341 e. The first kappa shape index (κ1) is 13.7. The number of nitrogens with two attached hydrogens (primary N) is 1. The van der Waals surface area contributed by atoms with Gasteiger partial charge in [0.05, 0.1) is 6.33 Å². The third-order valence-electron chi connectivity index (χ3n) is 2.77. The molecule has 0 saturated heterocycles. The molecule has 2 aromatic heterocycles. The van der Waals surface area contributed by atoms with Gasteiger partial charge in [-0.3, -0.25) is 10.1 Å². The van der Waals surface area contributed by atoms with Crippen molar-refractivity contribution in [3.8, 4) is 0 Å². The topological polar surface area (TPSA) is 110 Å². The van der Waals surface area contributed by atoms with Gasteiger partial charge in [0.1, 0.15) is 5.52 Å². The molecule has 4 N–H and O–H groups in total. The van der Waals surface area contributed by atoms with Crippen molar-refractivity contribution in [3.05, 3.63) is 11.5 Å². The number of nitrogens with zero attached hydrogens (tertiary/aromatic N) is 3. The monoisotopic (exact) mass is 282 g/mol. The van der Waals surface area contributed by atoms with Crippen molar-refractivity contribution in [1.82, 2.24) is 19.9 Å². The molecular weight excluding hydrogens is 268 g/mol. The molecule has 2 heterocycles. The molecule has 7 nitrogen and oxygen atoms in total. The summed E-state index contributed by atoms with van der Waals surface area (Å²) in [6.45, 7) is 3.92. The molecule has 0 aliphatic rings. The molecule has 1 amide bonds. The van der Waals surface area contributed by atoms with Gasteiger partial charge in [-0.2, -0.15) is 9.97 Å². The second-order valence-corrected chi connectivity index (χ2v) is 4.96.